The van der Waals surface area contributed by atoms with Crippen LogP contribution in [0.15, 0.2) is 61.1 Å². The highest BCUT2D eigenvalue weighted by Crippen LogP contribution is 2.29. The smallest absolute Gasteiger partial charge is 0.256 e. The average Bonchev–Trinajstić information content (AvgIpc) is 2.69. The quantitative estimate of drug-likeness (QED) is 0.686. The Hall–Kier alpha value is -3.41. The standard InChI is InChI=1S/C21H21N3O3/c1-3-26-19-13-17(21(25)24-20-15(2)5-4-10-23-20)6-7-18(19)27-14-16-8-11-22-12-9-16/h4-13H,3,14H2,1-2H3,(H,23,24,25). The highest BCUT2D eigenvalue weighted by molar-refractivity contribution is 6.04. The predicted molar refractivity (Wildman–Crippen MR) is 103 cm³/mol. The number of pyridine rings is 2. The SMILES string of the molecule is CCOc1cc(C(=O)Nc2ncccc2C)ccc1OCc1ccncc1. The van der Waals surface area contributed by atoms with E-state index < -0.39 is 0 Å². The van der Waals surface area contributed by atoms with E-state index in [9.17, 15) is 4.79 Å². The number of carbonyl (C=O) groups excluding carboxylic acids is 1. The van der Waals surface area contributed by atoms with Crippen LogP contribution in [0.25, 0.3) is 0 Å². The van der Waals surface area contributed by atoms with Crippen molar-refractivity contribution in [2.75, 3.05) is 11.9 Å². The van der Waals surface area contributed by atoms with E-state index in [0.717, 1.165) is 11.1 Å². The molecule has 6 heteroatoms. The Kier molecular flexibility index (Phi) is 5.99. The van der Waals surface area contributed by atoms with Gasteiger partial charge >= 0.3 is 0 Å². The molecular weight excluding hydrogens is 342 g/mol. The number of aryl methyl sites for hydroxylation is 1. The molecule has 3 aromatic rings. The summed E-state index contributed by atoms with van der Waals surface area (Å²) in [6.45, 7) is 4.64. The van der Waals surface area contributed by atoms with Gasteiger partial charge in [-0.1, -0.05) is 6.07 Å². The van der Waals surface area contributed by atoms with Gasteiger partial charge in [-0.3, -0.25) is 9.78 Å². The van der Waals surface area contributed by atoms with Crippen molar-refractivity contribution in [3.8, 4) is 11.5 Å². The average molecular weight is 363 g/mol. The number of hydrogen-bond donors (Lipinski definition) is 1. The lowest BCUT2D eigenvalue weighted by molar-refractivity contribution is 0.102. The molecule has 0 radical (unpaired) electrons. The largest absolute Gasteiger partial charge is 0.490 e. The molecule has 0 aliphatic carbocycles. The lowest BCUT2D eigenvalue weighted by Gasteiger charge is -2.14. The summed E-state index contributed by atoms with van der Waals surface area (Å²) < 4.78 is 11.5. The molecule has 0 bridgehead atoms. The Bertz CT molecular complexity index is 914. The molecule has 0 aliphatic rings. The summed E-state index contributed by atoms with van der Waals surface area (Å²) in [5.41, 5.74) is 2.37. The van der Waals surface area contributed by atoms with Gasteiger partial charge in [0.1, 0.15) is 12.4 Å². The topological polar surface area (TPSA) is 73.3 Å². The summed E-state index contributed by atoms with van der Waals surface area (Å²) in [5, 5.41) is 2.82. The molecule has 0 aliphatic heterocycles. The number of ether oxygens (including phenoxy) is 2. The van der Waals surface area contributed by atoms with E-state index in [1.54, 1.807) is 36.8 Å². The van der Waals surface area contributed by atoms with Crippen LogP contribution in [-0.2, 0) is 6.61 Å². The van der Waals surface area contributed by atoms with Gasteiger partial charge in [0.05, 0.1) is 6.61 Å². The molecule has 2 aromatic heterocycles. The second-order valence-corrected chi connectivity index (χ2v) is 5.86. The van der Waals surface area contributed by atoms with Gasteiger partial charge in [0, 0.05) is 24.2 Å². The molecule has 1 amide bonds. The molecule has 0 spiro atoms. The zero-order chi connectivity index (χ0) is 19.1. The number of amides is 1. The zero-order valence-electron chi connectivity index (χ0n) is 15.3. The lowest BCUT2D eigenvalue weighted by atomic mass is 10.1. The molecule has 0 saturated carbocycles. The Morgan fingerprint density at radius 2 is 1.85 bits per heavy atom. The fourth-order valence-corrected chi connectivity index (χ4v) is 2.47. The molecule has 1 N–H and O–H groups in total. The van der Waals surface area contributed by atoms with Gasteiger partial charge in [-0.05, 0) is 61.4 Å². The fourth-order valence-electron chi connectivity index (χ4n) is 2.47. The van der Waals surface area contributed by atoms with Crippen LogP contribution in [0.4, 0.5) is 5.82 Å². The van der Waals surface area contributed by atoms with Gasteiger partial charge in [0.15, 0.2) is 11.5 Å². The first-order chi connectivity index (χ1) is 13.2. The van der Waals surface area contributed by atoms with E-state index in [2.05, 4.69) is 15.3 Å². The van der Waals surface area contributed by atoms with Crippen LogP contribution in [0.1, 0.15) is 28.4 Å². The highest BCUT2D eigenvalue weighted by Gasteiger charge is 2.13. The summed E-state index contributed by atoms with van der Waals surface area (Å²) in [7, 11) is 0. The number of carbonyl (C=O) groups is 1. The molecular formula is C21H21N3O3. The van der Waals surface area contributed by atoms with E-state index in [1.807, 2.05) is 38.1 Å². The summed E-state index contributed by atoms with van der Waals surface area (Å²) >= 11 is 0. The van der Waals surface area contributed by atoms with Crippen LogP contribution in [0.2, 0.25) is 0 Å². The maximum atomic E-state index is 12.6. The zero-order valence-corrected chi connectivity index (χ0v) is 15.3. The third-order valence-corrected chi connectivity index (χ3v) is 3.89. The number of aromatic nitrogens is 2. The van der Waals surface area contributed by atoms with Gasteiger partial charge < -0.3 is 14.8 Å². The molecule has 27 heavy (non-hydrogen) atoms. The van der Waals surface area contributed by atoms with Crippen LogP contribution >= 0.6 is 0 Å². The summed E-state index contributed by atoms with van der Waals surface area (Å²) in [5.74, 6) is 1.40. The van der Waals surface area contributed by atoms with Gasteiger partial charge in [0.25, 0.3) is 5.91 Å². The summed E-state index contributed by atoms with van der Waals surface area (Å²) in [6.07, 6.45) is 5.08. The monoisotopic (exact) mass is 363 g/mol. The molecule has 0 atom stereocenters. The highest BCUT2D eigenvalue weighted by atomic mass is 16.5. The van der Waals surface area contributed by atoms with Gasteiger partial charge in [-0.25, -0.2) is 4.98 Å². The minimum atomic E-state index is -0.251. The Morgan fingerprint density at radius 3 is 2.59 bits per heavy atom. The number of hydrogen-bond acceptors (Lipinski definition) is 5. The van der Waals surface area contributed by atoms with Crippen molar-refractivity contribution in [3.63, 3.8) is 0 Å². The van der Waals surface area contributed by atoms with Crippen molar-refractivity contribution >= 4 is 11.7 Å². The summed E-state index contributed by atoms with van der Waals surface area (Å²) in [6, 6.07) is 12.6. The maximum absolute atomic E-state index is 12.6. The van der Waals surface area contributed by atoms with Gasteiger partial charge in [-0.15, -0.1) is 0 Å². The van der Waals surface area contributed by atoms with Crippen molar-refractivity contribution < 1.29 is 14.3 Å². The number of nitrogens with zero attached hydrogens (tertiary/aromatic N) is 2. The van der Waals surface area contributed by atoms with Crippen LogP contribution < -0.4 is 14.8 Å². The normalized spacial score (nSPS) is 10.3. The Morgan fingerprint density at radius 1 is 1.04 bits per heavy atom. The van der Waals surface area contributed by atoms with Crippen molar-refractivity contribution in [1.29, 1.82) is 0 Å². The third kappa shape index (κ3) is 4.82. The fraction of sp³-hybridized carbons (Fsp3) is 0.190. The van der Waals surface area contributed by atoms with E-state index >= 15 is 0 Å². The molecule has 0 fully saturated rings. The molecule has 1 aromatic carbocycles. The first-order valence-electron chi connectivity index (χ1n) is 8.69. The van der Waals surface area contributed by atoms with Crippen LogP contribution in [0, 0.1) is 6.92 Å². The predicted octanol–water partition coefficient (Wildman–Crippen LogP) is 4.02. The van der Waals surface area contributed by atoms with E-state index in [-0.39, 0.29) is 5.91 Å². The lowest BCUT2D eigenvalue weighted by Crippen LogP contribution is -2.14. The van der Waals surface area contributed by atoms with Gasteiger partial charge in [0.2, 0.25) is 0 Å². The van der Waals surface area contributed by atoms with Crippen LogP contribution in [0.3, 0.4) is 0 Å². The van der Waals surface area contributed by atoms with Crippen molar-refractivity contribution in [2.24, 2.45) is 0 Å². The first-order valence-corrected chi connectivity index (χ1v) is 8.69. The Labute approximate surface area is 158 Å². The maximum Gasteiger partial charge on any atom is 0.256 e. The number of benzene rings is 1. The molecule has 6 nitrogen and oxygen atoms in total. The molecule has 138 valence electrons. The van der Waals surface area contributed by atoms with Crippen molar-refractivity contribution in [1.82, 2.24) is 9.97 Å². The second kappa shape index (κ2) is 8.80. The molecule has 2 heterocycles. The van der Waals surface area contributed by atoms with E-state index in [0.29, 0.717) is 36.1 Å². The first kappa shape index (κ1) is 18.4. The van der Waals surface area contributed by atoms with E-state index in [4.69, 9.17) is 9.47 Å². The number of rotatable bonds is 7. The second-order valence-electron chi connectivity index (χ2n) is 5.86. The minimum Gasteiger partial charge on any atom is -0.490 e. The molecule has 0 unspecified atom stereocenters. The summed E-state index contributed by atoms with van der Waals surface area (Å²) in [4.78, 5) is 20.7. The molecule has 0 saturated heterocycles. The van der Waals surface area contributed by atoms with Crippen LogP contribution in [-0.4, -0.2) is 22.5 Å². The number of anilines is 1. The van der Waals surface area contributed by atoms with E-state index in [1.165, 1.54) is 0 Å². The Balaban J connectivity index is 1.76. The molecule has 3 rings (SSSR count). The van der Waals surface area contributed by atoms with Crippen LogP contribution in [0.5, 0.6) is 11.5 Å². The minimum absolute atomic E-state index is 0.251. The number of nitrogens with one attached hydrogen (secondary N) is 1. The van der Waals surface area contributed by atoms with Gasteiger partial charge in [-0.2, -0.15) is 0 Å². The third-order valence-electron chi connectivity index (χ3n) is 3.89. The van der Waals surface area contributed by atoms with Crippen molar-refractivity contribution in [2.45, 2.75) is 20.5 Å². The van der Waals surface area contributed by atoms with Crippen molar-refractivity contribution in [3.05, 3.63) is 77.7 Å².